The molecule has 2 aromatic heterocycles. The molecular formula is C12H18N6O2S. The Morgan fingerprint density at radius 2 is 2.19 bits per heavy atom. The summed E-state index contributed by atoms with van der Waals surface area (Å²) < 4.78 is 28.5. The lowest BCUT2D eigenvalue weighted by atomic mass is 10.4. The molecule has 0 aromatic carbocycles. The zero-order valence-corrected chi connectivity index (χ0v) is 12.8. The predicted molar refractivity (Wildman–Crippen MR) is 77.7 cm³/mol. The van der Waals surface area contributed by atoms with Gasteiger partial charge in [-0.2, -0.15) is 5.10 Å². The minimum atomic E-state index is -3.72. The van der Waals surface area contributed by atoms with Crippen LogP contribution in [0.4, 0.5) is 5.82 Å². The minimum Gasteiger partial charge on any atom is -0.381 e. The van der Waals surface area contributed by atoms with Crippen LogP contribution in [0, 0.1) is 6.92 Å². The van der Waals surface area contributed by atoms with Crippen LogP contribution in [0.3, 0.4) is 0 Å². The zero-order valence-electron chi connectivity index (χ0n) is 11.9. The quantitative estimate of drug-likeness (QED) is 0.800. The molecule has 0 aliphatic carbocycles. The van der Waals surface area contributed by atoms with Gasteiger partial charge in [-0.1, -0.05) is 6.92 Å². The number of sulfonamides is 1. The molecule has 21 heavy (non-hydrogen) atoms. The van der Waals surface area contributed by atoms with Gasteiger partial charge < -0.3 is 5.73 Å². The molecule has 114 valence electrons. The van der Waals surface area contributed by atoms with Gasteiger partial charge in [0.2, 0.25) is 10.0 Å². The Hall–Kier alpha value is -2.00. The van der Waals surface area contributed by atoms with Crippen molar-refractivity contribution in [1.82, 2.24) is 24.5 Å². The van der Waals surface area contributed by atoms with Gasteiger partial charge >= 0.3 is 0 Å². The number of nitrogens with zero attached hydrogens (tertiary/aromatic N) is 4. The van der Waals surface area contributed by atoms with E-state index in [0.29, 0.717) is 18.1 Å². The largest absolute Gasteiger partial charge is 0.381 e. The summed E-state index contributed by atoms with van der Waals surface area (Å²) in [6, 6.07) is 1.65. The van der Waals surface area contributed by atoms with Gasteiger partial charge in [0, 0.05) is 18.9 Å². The molecule has 0 radical (unpaired) electrons. The Kier molecular flexibility index (Phi) is 4.53. The monoisotopic (exact) mass is 310 g/mol. The fraction of sp³-hybridized carbons (Fsp3) is 0.417. The molecular weight excluding hydrogens is 292 g/mol. The van der Waals surface area contributed by atoms with Crippen molar-refractivity contribution in [1.29, 1.82) is 0 Å². The maximum Gasteiger partial charge on any atom is 0.246 e. The molecule has 0 spiro atoms. The van der Waals surface area contributed by atoms with E-state index in [9.17, 15) is 8.42 Å². The number of aryl methyl sites for hydroxylation is 2. The Labute approximate surface area is 123 Å². The summed E-state index contributed by atoms with van der Waals surface area (Å²) in [5, 5.41) is 3.99. The lowest BCUT2D eigenvalue weighted by molar-refractivity contribution is 0.578. The van der Waals surface area contributed by atoms with Crippen LogP contribution in [0.1, 0.15) is 24.9 Å². The molecule has 0 saturated heterocycles. The van der Waals surface area contributed by atoms with E-state index in [0.717, 1.165) is 6.42 Å². The second kappa shape index (κ2) is 6.19. The van der Waals surface area contributed by atoms with Gasteiger partial charge in [0.15, 0.2) is 5.82 Å². The van der Waals surface area contributed by atoms with E-state index in [1.807, 2.05) is 6.92 Å². The number of anilines is 1. The number of nitrogens with two attached hydrogens (primary N) is 1. The standard InChI is InChI=1S/C12H18N6O2S/c1-3-6-18-8-11(12(13)17-18)21(19,20)15-7-10-4-5-14-9(2)16-10/h4-5,8,15H,3,6-7H2,1-2H3,(H2,13,17). The van der Waals surface area contributed by atoms with Crippen LogP contribution in [0.2, 0.25) is 0 Å². The maximum absolute atomic E-state index is 12.2. The molecule has 0 amide bonds. The lowest BCUT2D eigenvalue weighted by Gasteiger charge is -2.05. The maximum atomic E-state index is 12.2. The van der Waals surface area contributed by atoms with Crippen molar-refractivity contribution in [3.63, 3.8) is 0 Å². The Bertz CT molecular complexity index is 725. The van der Waals surface area contributed by atoms with Crippen molar-refractivity contribution in [3.05, 3.63) is 30.0 Å². The van der Waals surface area contributed by atoms with E-state index in [1.54, 1.807) is 19.2 Å². The first-order valence-corrected chi connectivity index (χ1v) is 8.02. The third kappa shape index (κ3) is 3.76. The van der Waals surface area contributed by atoms with E-state index in [4.69, 9.17) is 5.73 Å². The van der Waals surface area contributed by atoms with Gasteiger partial charge in [-0.25, -0.2) is 23.1 Å². The van der Waals surface area contributed by atoms with Gasteiger partial charge in [-0.15, -0.1) is 0 Å². The summed E-state index contributed by atoms with van der Waals surface area (Å²) in [6.45, 7) is 4.40. The fourth-order valence-electron chi connectivity index (χ4n) is 1.82. The average molecular weight is 310 g/mol. The first kappa shape index (κ1) is 15.4. The molecule has 0 saturated carbocycles. The van der Waals surface area contributed by atoms with Crippen molar-refractivity contribution in [2.75, 3.05) is 5.73 Å². The molecule has 2 aromatic rings. The molecule has 0 bridgehead atoms. The minimum absolute atomic E-state index is 0.00480. The first-order valence-electron chi connectivity index (χ1n) is 6.53. The molecule has 0 atom stereocenters. The predicted octanol–water partition coefficient (Wildman–Crippen LogP) is 0.452. The van der Waals surface area contributed by atoms with Crippen LogP contribution in [0.5, 0.6) is 0 Å². The summed E-state index contributed by atoms with van der Waals surface area (Å²) in [5.41, 5.74) is 6.26. The summed E-state index contributed by atoms with van der Waals surface area (Å²) >= 11 is 0. The Morgan fingerprint density at radius 1 is 1.43 bits per heavy atom. The summed E-state index contributed by atoms with van der Waals surface area (Å²) in [6.07, 6.45) is 3.86. The van der Waals surface area contributed by atoms with E-state index in [-0.39, 0.29) is 17.3 Å². The van der Waals surface area contributed by atoms with Gasteiger partial charge in [0.05, 0.1) is 12.2 Å². The smallest absolute Gasteiger partial charge is 0.246 e. The molecule has 3 N–H and O–H groups in total. The van der Waals surface area contributed by atoms with Crippen molar-refractivity contribution in [2.24, 2.45) is 0 Å². The van der Waals surface area contributed by atoms with Crippen molar-refractivity contribution in [3.8, 4) is 0 Å². The topological polar surface area (TPSA) is 116 Å². The van der Waals surface area contributed by atoms with E-state index in [1.165, 1.54) is 10.9 Å². The molecule has 8 nitrogen and oxygen atoms in total. The lowest BCUT2D eigenvalue weighted by Crippen LogP contribution is -2.24. The highest BCUT2D eigenvalue weighted by atomic mass is 32.2. The molecule has 0 fully saturated rings. The number of nitrogens with one attached hydrogen (secondary N) is 1. The van der Waals surface area contributed by atoms with Crippen molar-refractivity contribution >= 4 is 15.8 Å². The molecule has 2 heterocycles. The molecule has 0 unspecified atom stereocenters. The van der Waals surface area contributed by atoms with Crippen molar-refractivity contribution < 1.29 is 8.42 Å². The number of hydrogen-bond donors (Lipinski definition) is 2. The number of nitrogen functional groups attached to an aromatic ring is 1. The van der Waals surface area contributed by atoms with Crippen LogP contribution < -0.4 is 10.5 Å². The second-order valence-electron chi connectivity index (χ2n) is 4.56. The SMILES string of the molecule is CCCn1cc(S(=O)(=O)NCc2ccnc(C)n2)c(N)n1. The Morgan fingerprint density at radius 3 is 2.86 bits per heavy atom. The summed E-state index contributed by atoms with van der Waals surface area (Å²) in [4.78, 5) is 8.08. The van der Waals surface area contributed by atoms with Crippen molar-refractivity contribution in [2.45, 2.75) is 38.3 Å². The molecule has 2 rings (SSSR count). The highest BCUT2D eigenvalue weighted by Crippen LogP contribution is 2.16. The van der Waals surface area contributed by atoms with Crippen LogP contribution in [0.25, 0.3) is 0 Å². The van der Waals surface area contributed by atoms with Crippen LogP contribution in [-0.4, -0.2) is 28.2 Å². The third-order valence-corrected chi connectivity index (χ3v) is 4.19. The molecule has 0 aliphatic heterocycles. The van der Waals surface area contributed by atoms with E-state index < -0.39 is 10.0 Å². The van der Waals surface area contributed by atoms with Gasteiger partial charge in [0.1, 0.15) is 10.7 Å². The van der Waals surface area contributed by atoms with Crippen LogP contribution in [-0.2, 0) is 23.1 Å². The number of hydrogen-bond acceptors (Lipinski definition) is 6. The zero-order chi connectivity index (χ0) is 15.5. The van der Waals surface area contributed by atoms with Gasteiger partial charge in [-0.3, -0.25) is 4.68 Å². The average Bonchev–Trinajstić information content (AvgIpc) is 2.79. The van der Waals surface area contributed by atoms with Crippen LogP contribution in [0.15, 0.2) is 23.4 Å². The first-order chi connectivity index (χ1) is 9.92. The fourth-order valence-corrected chi connectivity index (χ4v) is 2.89. The third-order valence-electron chi connectivity index (χ3n) is 2.77. The van der Waals surface area contributed by atoms with Crippen LogP contribution >= 0.6 is 0 Å². The van der Waals surface area contributed by atoms with E-state index in [2.05, 4.69) is 19.8 Å². The van der Waals surface area contributed by atoms with E-state index >= 15 is 0 Å². The molecule has 0 aliphatic rings. The highest BCUT2D eigenvalue weighted by molar-refractivity contribution is 7.89. The molecule has 9 heteroatoms. The summed E-state index contributed by atoms with van der Waals surface area (Å²) in [7, 11) is -3.72. The summed E-state index contributed by atoms with van der Waals surface area (Å²) in [5.74, 6) is 0.580. The number of aromatic nitrogens is 4. The highest BCUT2D eigenvalue weighted by Gasteiger charge is 2.21. The Balaban J connectivity index is 2.15. The van der Waals surface area contributed by atoms with Gasteiger partial charge in [-0.05, 0) is 19.4 Å². The number of rotatable bonds is 6. The normalized spacial score (nSPS) is 11.7. The second-order valence-corrected chi connectivity index (χ2v) is 6.30. The van der Waals surface area contributed by atoms with Gasteiger partial charge in [0.25, 0.3) is 0 Å².